The number of anilines is 3. The van der Waals surface area contributed by atoms with Gasteiger partial charge in [0, 0.05) is 43.7 Å². The summed E-state index contributed by atoms with van der Waals surface area (Å²) in [7, 11) is 0. The highest BCUT2D eigenvalue weighted by Crippen LogP contribution is 2.40. The first-order chi connectivity index (χ1) is 17.9. The van der Waals surface area contributed by atoms with E-state index < -0.39 is 0 Å². The minimum absolute atomic E-state index is 0.0273. The van der Waals surface area contributed by atoms with E-state index in [1.165, 1.54) is 50.5 Å². The van der Waals surface area contributed by atoms with Gasteiger partial charge in [-0.15, -0.1) is 0 Å². The van der Waals surface area contributed by atoms with E-state index in [4.69, 9.17) is 22.2 Å². The van der Waals surface area contributed by atoms with Crippen LogP contribution in [0.1, 0.15) is 77.2 Å². The number of halogens is 1. The molecule has 0 unspecified atom stereocenters. The lowest BCUT2D eigenvalue weighted by Gasteiger charge is -2.36. The maximum Gasteiger partial charge on any atom is 0.232 e. The number of thiocarbonyl (C=S) groups is 1. The third-order valence-corrected chi connectivity index (χ3v) is 8.85. The minimum Gasteiger partial charge on any atom is -0.361 e. The molecule has 0 spiro atoms. The van der Waals surface area contributed by atoms with Crippen molar-refractivity contribution in [2.45, 2.75) is 83.1 Å². The van der Waals surface area contributed by atoms with Crippen LogP contribution in [0.2, 0.25) is 0 Å². The van der Waals surface area contributed by atoms with Gasteiger partial charge in [0.05, 0.1) is 0 Å². The normalized spacial score (nSPS) is 23.6. The Morgan fingerprint density at radius 2 is 1.76 bits per heavy atom. The molecular formula is C29H41FN6S. The van der Waals surface area contributed by atoms with Crippen LogP contribution in [0.4, 0.5) is 22.0 Å². The first-order valence-corrected chi connectivity index (χ1v) is 14.5. The summed E-state index contributed by atoms with van der Waals surface area (Å²) in [5.41, 5.74) is 1.15. The van der Waals surface area contributed by atoms with Crippen molar-refractivity contribution >= 4 is 34.9 Å². The Balaban J connectivity index is 1.33. The molecular weight excluding hydrogens is 483 g/mol. The Kier molecular flexibility index (Phi) is 8.12. The molecule has 2 saturated heterocycles. The summed E-state index contributed by atoms with van der Waals surface area (Å²) >= 11 is 5.74. The maximum atomic E-state index is 13.6. The molecule has 0 radical (unpaired) electrons. The Morgan fingerprint density at radius 1 is 1.00 bits per heavy atom. The van der Waals surface area contributed by atoms with Crippen LogP contribution in [0, 0.1) is 11.7 Å². The standard InChI is InChI=1S/C29H41FN6S/c1-21-8-7-16-35(19-21)25-18-26(36-17-6-3-9-22(36)2)33-27(32-25)34-28(37)31-20-29(14-4-5-15-29)23-10-12-24(30)13-11-23/h10-13,18,21-22H,3-9,14-17,19-20H2,1-2H3,(H2,31,32,33,34,37)/t21-,22+/m0/s1. The second-order valence-electron chi connectivity index (χ2n) is 11.4. The molecule has 1 aromatic heterocycles. The third kappa shape index (κ3) is 6.16. The van der Waals surface area contributed by atoms with E-state index in [0.717, 1.165) is 44.1 Å². The van der Waals surface area contributed by atoms with Crippen LogP contribution in [0.15, 0.2) is 30.3 Å². The zero-order chi connectivity index (χ0) is 25.8. The fourth-order valence-electron chi connectivity index (χ4n) is 6.44. The average molecular weight is 525 g/mol. The molecule has 1 saturated carbocycles. The first-order valence-electron chi connectivity index (χ1n) is 14.1. The fraction of sp³-hybridized carbons (Fsp3) is 0.621. The average Bonchev–Trinajstić information content (AvgIpc) is 3.38. The van der Waals surface area contributed by atoms with Crippen LogP contribution in [-0.2, 0) is 5.41 Å². The molecule has 37 heavy (non-hydrogen) atoms. The number of rotatable bonds is 6. The Labute approximate surface area is 226 Å². The molecule has 2 atom stereocenters. The Bertz CT molecular complexity index is 1070. The molecule has 0 bridgehead atoms. The minimum atomic E-state index is -0.194. The lowest BCUT2D eigenvalue weighted by molar-refractivity contribution is 0.434. The van der Waals surface area contributed by atoms with Crippen LogP contribution < -0.4 is 20.4 Å². The van der Waals surface area contributed by atoms with Crippen molar-refractivity contribution in [1.29, 1.82) is 0 Å². The number of hydrogen-bond acceptors (Lipinski definition) is 5. The van der Waals surface area contributed by atoms with Crippen molar-refractivity contribution < 1.29 is 4.39 Å². The van der Waals surface area contributed by atoms with Gasteiger partial charge in [0.1, 0.15) is 17.5 Å². The SMILES string of the molecule is C[C@H]1CCCN(c2cc(N3CCCC[C@H]3C)nc(NC(=S)NCC3(c4ccc(F)cc4)CCCC3)n2)C1. The Hall–Kier alpha value is -2.48. The van der Waals surface area contributed by atoms with Gasteiger partial charge in [-0.25, -0.2) is 4.39 Å². The van der Waals surface area contributed by atoms with Gasteiger partial charge in [-0.05, 0) is 87.7 Å². The molecule has 2 aliphatic heterocycles. The van der Waals surface area contributed by atoms with Crippen LogP contribution in [0.3, 0.4) is 0 Å². The molecule has 3 fully saturated rings. The topological polar surface area (TPSA) is 56.3 Å². The van der Waals surface area contributed by atoms with E-state index in [9.17, 15) is 4.39 Å². The zero-order valence-electron chi connectivity index (χ0n) is 22.3. The van der Waals surface area contributed by atoms with Gasteiger partial charge in [-0.3, -0.25) is 0 Å². The highest BCUT2D eigenvalue weighted by atomic mass is 32.1. The zero-order valence-corrected chi connectivity index (χ0v) is 23.1. The predicted octanol–water partition coefficient (Wildman–Crippen LogP) is 6.03. The van der Waals surface area contributed by atoms with Gasteiger partial charge < -0.3 is 20.4 Å². The summed E-state index contributed by atoms with van der Waals surface area (Å²) in [6.45, 7) is 8.39. The number of nitrogens with zero attached hydrogens (tertiary/aromatic N) is 4. The summed E-state index contributed by atoms with van der Waals surface area (Å²) in [5.74, 6) is 3.00. The number of nitrogens with one attached hydrogen (secondary N) is 2. The predicted molar refractivity (Wildman–Crippen MR) is 154 cm³/mol. The Morgan fingerprint density at radius 3 is 2.49 bits per heavy atom. The van der Waals surface area contributed by atoms with Gasteiger partial charge in [0.15, 0.2) is 5.11 Å². The van der Waals surface area contributed by atoms with Crippen molar-refractivity contribution in [2.24, 2.45) is 5.92 Å². The summed E-state index contributed by atoms with van der Waals surface area (Å²) in [6, 6.07) is 9.62. The van der Waals surface area contributed by atoms with Crippen molar-refractivity contribution in [3.8, 4) is 0 Å². The monoisotopic (exact) mass is 524 g/mol. The number of hydrogen-bond donors (Lipinski definition) is 2. The van der Waals surface area contributed by atoms with Crippen LogP contribution in [0.25, 0.3) is 0 Å². The summed E-state index contributed by atoms with van der Waals surface area (Å²) < 4.78 is 13.6. The molecule has 3 aliphatic rings. The summed E-state index contributed by atoms with van der Waals surface area (Å²) in [4.78, 5) is 14.7. The molecule has 3 heterocycles. The quantitative estimate of drug-likeness (QED) is 0.448. The van der Waals surface area contributed by atoms with Crippen LogP contribution in [0.5, 0.6) is 0 Å². The second kappa shape index (κ2) is 11.5. The lowest BCUT2D eigenvalue weighted by Crippen LogP contribution is -2.41. The largest absolute Gasteiger partial charge is 0.361 e. The van der Waals surface area contributed by atoms with E-state index in [1.807, 2.05) is 12.1 Å². The van der Waals surface area contributed by atoms with Gasteiger partial charge in [-0.1, -0.05) is 31.9 Å². The van der Waals surface area contributed by atoms with Crippen molar-refractivity contribution in [3.05, 3.63) is 41.7 Å². The van der Waals surface area contributed by atoms with Gasteiger partial charge in [-0.2, -0.15) is 9.97 Å². The molecule has 8 heteroatoms. The van der Waals surface area contributed by atoms with E-state index in [-0.39, 0.29) is 11.2 Å². The van der Waals surface area contributed by atoms with Crippen LogP contribution >= 0.6 is 12.2 Å². The van der Waals surface area contributed by atoms with E-state index in [0.29, 0.717) is 29.6 Å². The number of piperidine rings is 2. The first kappa shape index (κ1) is 26.1. The summed E-state index contributed by atoms with van der Waals surface area (Å²) in [5, 5.41) is 7.31. The molecule has 2 aromatic rings. The van der Waals surface area contributed by atoms with Crippen LogP contribution in [-0.4, -0.2) is 47.3 Å². The fourth-order valence-corrected chi connectivity index (χ4v) is 6.60. The van der Waals surface area contributed by atoms with Crippen molar-refractivity contribution in [2.75, 3.05) is 41.3 Å². The highest BCUT2D eigenvalue weighted by Gasteiger charge is 2.35. The second-order valence-corrected chi connectivity index (χ2v) is 11.8. The molecule has 6 nitrogen and oxygen atoms in total. The smallest absolute Gasteiger partial charge is 0.232 e. The maximum absolute atomic E-state index is 13.6. The molecule has 1 aromatic carbocycles. The lowest BCUT2D eigenvalue weighted by atomic mass is 9.79. The number of aromatic nitrogens is 2. The van der Waals surface area contributed by atoms with Crippen molar-refractivity contribution in [1.82, 2.24) is 15.3 Å². The van der Waals surface area contributed by atoms with Gasteiger partial charge >= 0.3 is 0 Å². The highest BCUT2D eigenvalue weighted by molar-refractivity contribution is 7.80. The molecule has 1 aliphatic carbocycles. The number of benzene rings is 1. The van der Waals surface area contributed by atoms with E-state index in [1.54, 1.807) is 12.1 Å². The third-order valence-electron chi connectivity index (χ3n) is 8.61. The molecule has 2 N–H and O–H groups in total. The van der Waals surface area contributed by atoms with E-state index in [2.05, 4.69) is 40.3 Å². The van der Waals surface area contributed by atoms with Crippen molar-refractivity contribution in [3.63, 3.8) is 0 Å². The molecule has 0 amide bonds. The summed E-state index contributed by atoms with van der Waals surface area (Å²) in [6.07, 6.45) is 10.6. The molecule has 5 rings (SSSR count). The van der Waals surface area contributed by atoms with E-state index >= 15 is 0 Å². The van der Waals surface area contributed by atoms with Gasteiger partial charge in [0.25, 0.3) is 0 Å². The molecule has 200 valence electrons. The van der Waals surface area contributed by atoms with Gasteiger partial charge in [0.2, 0.25) is 5.95 Å².